The molecule has 0 saturated carbocycles. The third-order valence-corrected chi connectivity index (χ3v) is 3.56. The van der Waals surface area contributed by atoms with Gasteiger partial charge < -0.3 is 5.32 Å². The lowest BCUT2D eigenvalue weighted by Gasteiger charge is -2.12. The van der Waals surface area contributed by atoms with Crippen molar-refractivity contribution in [3.8, 4) is 0 Å². The molecule has 1 atom stereocenters. The van der Waals surface area contributed by atoms with E-state index in [1.54, 1.807) is 11.0 Å². The molecule has 3 rings (SSSR count). The molecular formula is C14H16N4O. The number of benzene rings is 1. The average molecular weight is 256 g/mol. The average Bonchev–Trinajstić information content (AvgIpc) is 3.07. The Morgan fingerprint density at radius 1 is 1.42 bits per heavy atom. The number of aryl methyl sites for hydroxylation is 1. The van der Waals surface area contributed by atoms with Gasteiger partial charge in [0.2, 0.25) is 5.91 Å². The van der Waals surface area contributed by atoms with Gasteiger partial charge in [-0.1, -0.05) is 24.3 Å². The molecule has 1 N–H and O–H groups in total. The van der Waals surface area contributed by atoms with Crippen molar-refractivity contribution in [2.45, 2.75) is 25.3 Å². The Morgan fingerprint density at radius 3 is 3.16 bits per heavy atom. The number of hydrogen-bond acceptors (Lipinski definition) is 3. The zero-order valence-corrected chi connectivity index (χ0v) is 10.6. The summed E-state index contributed by atoms with van der Waals surface area (Å²) < 4.78 is 1.71. The molecule has 5 heteroatoms. The van der Waals surface area contributed by atoms with Crippen molar-refractivity contribution in [2.24, 2.45) is 0 Å². The minimum atomic E-state index is 0.00643. The molecule has 0 spiro atoms. The number of nitrogens with zero attached hydrogens (tertiary/aromatic N) is 3. The van der Waals surface area contributed by atoms with Gasteiger partial charge in [0.25, 0.3) is 0 Å². The van der Waals surface area contributed by atoms with Crippen LogP contribution in [0.5, 0.6) is 0 Å². The summed E-state index contributed by atoms with van der Waals surface area (Å²) in [5, 5.41) is 6.98. The quantitative estimate of drug-likeness (QED) is 0.892. The van der Waals surface area contributed by atoms with Gasteiger partial charge in [-0.25, -0.2) is 4.98 Å². The highest BCUT2D eigenvalue weighted by atomic mass is 16.1. The monoisotopic (exact) mass is 256 g/mol. The van der Waals surface area contributed by atoms with Crippen molar-refractivity contribution in [3.05, 3.63) is 48.0 Å². The molecular weight excluding hydrogens is 240 g/mol. The van der Waals surface area contributed by atoms with Gasteiger partial charge >= 0.3 is 0 Å². The van der Waals surface area contributed by atoms with Crippen LogP contribution in [0.2, 0.25) is 0 Å². The van der Waals surface area contributed by atoms with Gasteiger partial charge in [0, 0.05) is 6.54 Å². The molecule has 1 aliphatic rings. The second-order valence-corrected chi connectivity index (χ2v) is 4.74. The molecule has 98 valence electrons. The first kappa shape index (κ1) is 11.9. The van der Waals surface area contributed by atoms with Crippen LogP contribution >= 0.6 is 0 Å². The molecule has 2 aromatic rings. The number of nitrogens with one attached hydrogen (secondary N) is 1. The van der Waals surface area contributed by atoms with Crippen molar-refractivity contribution < 1.29 is 4.79 Å². The van der Waals surface area contributed by atoms with E-state index in [2.05, 4.69) is 27.5 Å². The molecule has 0 unspecified atom stereocenters. The number of carbonyl (C=O) groups excluding carboxylic acids is 1. The molecule has 1 aromatic heterocycles. The summed E-state index contributed by atoms with van der Waals surface area (Å²) in [5.41, 5.74) is 2.49. The topological polar surface area (TPSA) is 59.8 Å². The highest BCUT2D eigenvalue weighted by Crippen LogP contribution is 2.32. The minimum Gasteiger partial charge on any atom is -0.354 e. The van der Waals surface area contributed by atoms with Gasteiger partial charge in [-0.05, 0) is 24.0 Å². The zero-order chi connectivity index (χ0) is 13.1. The van der Waals surface area contributed by atoms with E-state index in [0.717, 1.165) is 12.8 Å². The maximum Gasteiger partial charge on any atom is 0.227 e. The van der Waals surface area contributed by atoms with Crippen LogP contribution in [0.4, 0.5) is 0 Å². The van der Waals surface area contributed by atoms with Gasteiger partial charge in [-0.3, -0.25) is 9.48 Å². The third kappa shape index (κ3) is 2.50. The Kier molecular flexibility index (Phi) is 3.27. The minimum absolute atomic E-state index is 0.00643. The molecule has 0 saturated heterocycles. The summed E-state index contributed by atoms with van der Waals surface area (Å²) >= 11 is 0. The first-order chi connectivity index (χ1) is 9.34. The predicted molar refractivity (Wildman–Crippen MR) is 70.5 cm³/mol. The van der Waals surface area contributed by atoms with Crippen LogP contribution in [0, 0.1) is 0 Å². The summed E-state index contributed by atoms with van der Waals surface area (Å²) in [6.07, 6.45) is 5.05. The van der Waals surface area contributed by atoms with Gasteiger partial charge in [-0.2, -0.15) is 5.10 Å². The van der Waals surface area contributed by atoms with Crippen molar-refractivity contribution in [1.82, 2.24) is 20.1 Å². The van der Waals surface area contributed by atoms with Gasteiger partial charge in [0.05, 0.1) is 12.5 Å². The third-order valence-electron chi connectivity index (χ3n) is 3.56. The van der Waals surface area contributed by atoms with E-state index in [9.17, 15) is 4.79 Å². The lowest BCUT2D eigenvalue weighted by atomic mass is 10.0. The summed E-state index contributed by atoms with van der Waals surface area (Å²) in [4.78, 5) is 16.0. The first-order valence-corrected chi connectivity index (χ1v) is 6.52. The Balaban J connectivity index is 1.57. The molecule has 0 bridgehead atoms. The molecule has 0 aliphatic heterocycles. The molecule has 1 heterocycles. The Bertz CT molecular complexity index is 565. The molecule has 1 aliphatic carbocycles. The summed E-state index contributed by atoms with van der Waals surface area (Å²) in [6, 6.07) is 8.20. The maximum absolute atomic E-state index is 12.2. The number of fused-ring (bicyclic) bond motifs is 1. The molecule has 1 amide bonds. The fourth-order valence-corrected chi connectivity index (χ4v) is 2.59. The predicted octanol–water partition coefficient (Wildman–Crippen LogP) is 1.12. The van der Waals surface area contributed by atoms with Crippen molar-refractivity contribution >= 4 is 5.91 Å². The van der Waals surface area contributed by atoms with Crippen molar-refractivity contribution in [3.63, 3.8) is 0 Å². The van der Waals surface area contributed by atoms with E-state index in [4.69, 9.17) is 0 Å². The first-order valence-electron chi connectivity index (χ1n) is 6.52. The zero-order valence-electron chi connectivity index (χ0n) is 10.6. The number of carbonyl (C=O) groups is 1. The highest BCUT2D eigenvalue weighted by molar-refractivity contribution is 5.84. The SMILES string of the molecule is O=C(NCCn1cncn1)[C@@H]1CCc2ccccc21. The number of rotatable bonds is 4. The van der Waals surface area contributed by atoms with Gasteiger partial charge in [0.15, 0.2) is 0 Å². The van der Waals surface area contributed by atoms with Crippen LogP contribution in [0.25, 0.3) is 0 Å². The largest absolute Gasteiger partial charge is 0.354 e. The fourth-order valence-electron chi connectivity index (χ4n) is 2.59. The van der Waals surface area contributed by atoms with Crippen LogP contribution in [0.15, 0.2) is 36.9 Å². The summed E-state index contributed by atoms with van der Waals surface area (Å²) in [6.45, 7) is 1.24. The molecule has 1 aromatic carbocycles. The Labute approximate surface area is 111 Å². The Morgan fingerprint density at radius 2 is 2.32 bits per heavy atom. The summed E-state index contributed by atoms with van der Waals surface area (Å²) in [5.74, 6) is 0.122. The smallest absolute Gasteiger partial charge is 0.227 e. The standard InChI is InChI=1S/C14H16N4O/c19-14(16-7-8-18-10-15-9-17-18)13-6-5-11-3-1-2-4-12(11)13/h1-4,9-10,13H,5-8H2,(H,16,19)/t13-/m1/s1. The lowest BCUT2D eigenvalue weighted by molar-refractivity contribution is -0.122. The van der Waals surface area contributed by atoms with Crippen LogP contribution in [-0.2, 0) is 17.8 Å². The summed E-state index contributed by atoms with van der Waals surface area (Å²) in [7, 11) is 0. The molecule has 19 heavy (non-hydrogen) atoms. The van der Waals surface area contributed by atoms with Gasteiger partial charge in [0.1, 0.15) is 12.7 Å². The van der Waals surface area contributed by atoms with Crippen molar-refractivity contribution in [2.75, 3.05) is 6.54 Å². The second kappa shape index (κ2) is 5.22. The fraction of sp³-hybridized carbons (Fsp3) is 0.357. The maximum atomic E-state index is 12.2. The second-order valence-electron chi connectivity index (χ2n) is 4.74. The van der Waals surface area contributed by atoms with E-state index in [-0.39, 0.29) is 11.8 Å². The molecule has 5 nitrogen and oxygen atoms in total. The van der Waals surface area contributed by atoms with E-state index in [1.807, 2.05) is 12.1 Å². The van der Waals surface area contributed by atoms with E-state index >= 15 is 0 Å². The van der Waals surface area contributed by atoms with Crippen LogP contribution in [0.1, 0.15) is 23.5 Å². The van der Waals surface area contributed by atoms with Crippen LogP contribution < -0.4 is 5.32 Å². The Hall–Kier alpha value is -2.17. The van der Waals surface area contributed by atoms with Gasteiger partial charge in [-0.15, -0.1) is 0 Å². The normalized spacial score (nSPS) is 17.2. The van der Waals surface area contributed by atoms with Crippen LogP contribution in [-0.4, -0.2) is 27.2 Å². The number of aromatic nitrogens is 3. The van der Waals surface area contributed by atoms with Crippen molar-refractivity contribution in [1.29, 1.82) is 0 Å². The lowest BCUT2D eigenvalue weighted by Crippen LogP contribution is -2.31. The number of amides is 1. The van der Waals surface area contributed by atoms with E-state index in [1.165, 1.54) is 17.5 Å². The molecule has 0 radical (unpaired) electrons. The molecule has 0 fully saturated rings. The van der Waals surface area contributed by atoms with Crippen LogP contribution in [0.3, 0.4) is 0 Å². The van der Waals surface area contributed by atoms with E-state index < -0.39 is 0 Å². The number of hydrogen-bond donors (Lipinski definition) is 1. The van der Waals surface area contributed by atoms with E-state index in [0.29, 0.717) is 13.1 Å². The highest BCUT2D eigenvalue weighted by Gasteiger charge is 2.27.